The summed E-state index contributed by atoms with van der Waals surface area (Å²) in [6.07, 6.45) is 0. The van der Waals surface area contributed by atoms with Crippen LogP contribution in [0.5, 0.6) is 0 Å². The Kier molecular flexibility index (Phi) is 31.2. The lowest BCUT2D eigenvalue weighted by atomic mass is 10.0. The van der Waals surface area contributed by atoms with E-state index in [-0.39, 0.29) is 40.9 Å². The first-order valence-electron chi connectivity index (χ1n) is 5.67. The van der Waals surface area contributed by atoms with Gasteiger partial charge in [-0.15, -0.1) is 0 Å². The molecule has 10 N–H and O–H groups in total. The van der Waals surface area contributed by atoms with Gasteiger partial charge in [-0.3, -0.25) is 0 Å². The molecule has 1 rings (SSSR count). The molecule has 11 heteroatoms. The van der Waals surface area contributed by atoms with Gasteiger partial charge in [0.25, 0.3) is 0 Å². The predicted molar refractivity (Wildman–Crippen MR) is 104 cm³/mol. The molecule has 24 heavy (non-hydrogen) atoms. The molecule has 0 saturated heterocycles. The Labute approximate surface area is 156 Å². The average Bonchev–Trinajstić information content (AvgIpc) is 2.30. The van der Waals surface area contributed by atoms with Gasteiger partial charge in [0, 0.05) is 0 Å². The van der Waals surface area contributed by atoms with E-state index in [9.17, 15) is 8.42 Å². The summed E-state index contributed by atoms with van der Waals surface area (Å²) in [6.45, 7) is 9.34. The van der Waals surface area contributed by atoms with Crippen LogP contribution in [0.4, 0.5) is 0 Å². The van der Waals surface area contributed by atoms with E-state index >= 15 is 0 Å². The molecule has 1 aromatic rings. The second-order valence-electron chi connectivity index (χ2n) is 5.34. The lowest BCUT2D eigenvalue weighted by molar-refractivity contribution is 0.560. The van der Waals surface area contributed by atoms with Crippen molar-refractivity contribution in [1.82, 2.24) is 0 Å². The Bertz CT molecular complexity index is 481. The van der Waals surface area contributed by atoms with Crippen molar-refractivity contribution in [3.05, 3.63) is 29.8 Å². The van der Waals surface area contributed by atoms with Crippen LogP contribution in [0, 0.1) is 0 Å². The van der Waals surface area contributed by atoms with Gasteiger partial charge in [0.15, 0.2) is 22.4 Å². The van der Waals surface area contributed by atoms with E-state index < -0.39 is 14.6 Å². The summed E-state index contributed by atoms with van der Waals surface area (Å²) in [5, 5.41) is 0. The summed E-state index contributed by atoms with van der Waals surface area (Å²) in [5.41, 5.74) is 1.16. The molecule has 0 amide bonds. The fourth-order valence-electron chi connectivity index (χ4n) is 1.39. The average molecular weight is 413 g/mol. The molecule has 0 saturated carbocycles. The topological polar surface area (TPSA) is 209 Å². The van der Waals surface area contributed by atoms with E-state index in [4.69, 9.17) is 4.21 Å². The van der Waals surface area contributed by atoms with Crippen molar-refractivity contribution in [1.29, 1.82) is 0 Å². The Hall–Kier alpha value is -0.660. The molecule has 8 nitrogen and oxygen atoms in total. The van der Waals surface area contributed by atoms with Gasteiger partial charge < -0.3 is 27.4 Å². The second-order valence-corrected chi connectivity index (χ2v) is 8.04. The smallest absolute Gasteiger partial charge is 0.197 e. The van der Waals surface area contributed by atoms with Gasteiger partial charge >= 0.3 is 0 Å². The Morgan fingerprint density at radius 2 is 1.12 bits per heavy atom. The fourth-order valence-corrected chi connectivity index (χ4v) is 2.59. The van der Waals surface area contributed by atoms with Crippen molar-refractivity contribution in [2.75, 3.05) is 0 Å². The van der Waals surface area contributed by atoms with Crippen molar-refractivity contribution in [2.24, 2.45) is 0 Å². The maximum Gasteiger partial charge on any atom is 0.197 e. The highest BCUT2D eigenvalue weighted by Gasteiger charge is 2.30. The number of hydrogen-bond donors (Lipinski definition) is 0. The SMILES string of the molecule is CC(C)c1ccc(S(=O)(=O)C(C)(C)C)cc1.O.O.O.O.O.O=S.S. The number of rotatable bonds is 2. The highest BCUT2D eigenvalue weighted by atomic mass is 32.2. The summed E-state index contributed by atoms with van der Waals surface area (Å²) in [5.74, 6) is 0.423. The summed E-state index contributed by atoms with van der Waals surface area (Å²) >= 11 is 2.83. The van der Waals surface area contributed by atoms with Crippen molar-refractivity contribution in [3.63, 3.8) is 0 Å². The quantitative estimate of drug-likeness (QED) is 0.600. The minimum atomic E-state index is -3.22. The van der Waals surface area contributed by atoms with Gasteiger partial charge in [0.2, 0.25) is 0 Å². The zero-order chi connectivity index (χ0) is 14.6. The largest absolute Gasteiger partial charge is 0.412 e. The first-order valence-corrected chi connectivity index (χ1v) is 7.49. The van der Waals surface area contributed by atoms with Gasteiger partial charge in [-0.1, -0.05) is 26.0 Å². The zero-order valence-corrected chi connectivity index (χ0v) is 17.1. The lowest BCUT2D eigenvalue weighted by Gasteiger charge is -2.19. The molecule has 0 unspecified atom stereocenters. The molecular weight excluding hydrogens is 380 g/mol. The van der Waals surface area contributed by atoms with Crippen LogP contribution >= 0.6 is 13.5 Å². The summed E-state index contributed by atoms with van der Waals surface area (Å²) in [6, 6.07) is 7.19. The van der Waals surface area contributed by atoms with Crippen LogP contribution in [0.15, 0.2) is 29.2 Å². The van der Waals surface area contributed by atoms with Crippen LogP contribution in [0.2, 0.25) is 0 Å². The Morgan fingerprint density at radius 1 is 0.833 bits per heavy atom. The van der Waals surface area contributed by atoms with Crippen molar-refractivity contribution >= 4 is 35.9 Å². The minimum absolute atomic E-state index is 0. The number of benzene rings is 1. The van der Waals surface area contributed by atoms with Crippen molar-refractivity contribution in [3.8, 4) is 0 Å². The van der Waals surface area contributed by atoms with Gasteiger partial charge in [-0.05, 0) is 44.4 Å². The summed E-state index contributed by atoms with van der Waals surface area (Å²) in [7, 11) is -3.22. The normalized spacial score (nSPS) is 8.92. The second kappa shape index (κ2) is 17.2. The molecule has 0 aliphatic carbocycles. The molecule has 0 fully saturated rings. The van der Waals surface area contributed by atoms with E-state index in [0.29, 0.717) is 10.8 Å². The standard InChI is InChI=1S/C13H20O2S.OS.5H2O.H2S/c1-10(2)11-6-8-12(9-7-11)16(14,15)13(3,4)5;1-2;;;;;;/h6-10H,1-5H3;;6*1H2. The molecule has 0 aliphatic rings. The zero-order valence-electron chi connectivity index (χ0n) is 14.4. The molecule has 0 atom stereocenters. The van der Waals surface area contributed by atoms with E-state index in [1.165, 1.54) is 0 Å². The third-order valence-corrected chi connectivity index (χ3v) is 5.17. The molecule has 1 aromatic carbocycles. The molecule has 0 spiro atoms. The molecule has 0 bridgehead atoms. The predicted octanol–water partition coefficient (Wildman–Crippen LogP) is -0.965. The molecule has 0 radical (unpaired) electrons. The Morgan fingerprint density at radius 3 is 1.33 bits per heavy atom. The van der Waals surface area contributed by atoms with E-state index in [0.717, 1.165) is 5.56 Å². The molecular formula is C13H32O8S3. The van der Waals surface area contributed by atoms with Gasteiger partial charge in [0.1, 0.15) is 0 Å². The summed E-state index contributed by atoms with van der Waals surface area (Å²) < 4.78 is 31.4. The van der Waals surface area contributed by atoms with Gasteiger partial charge in [-0.25, -0.2) is 8.42 Å². The summed E-state index contributed by atoms with van der Waals surface area (Å²) in [4.78, 5) is 0.407. The highest BCUT2D eigenvalue weighted by Crippen LogP contribution is 2.26. The van der Waals surface area contributed by atoms with Crippen LogP contribution in [-0.4, -0.2) is 44.8 Å². The van der Waals surface area contributed by atoms with Gasteiger partial charge in [0.05, 0.1) is 9.64 Å². The van der Waals surface area contributed by atoms with Crippen molar-refractivity contribution < 1.29 is 40.0 Å². The van der Waals surface area contributed by atoms with Crippen molar-refractivity contribution in [2.45, 2.75) is 50.2 Å². The molecule has 150 valence electrons. The maximum atomic E-state index is 12.1. The molecule has 0 aromatic heterocycles. The first kappa shape index (κ1) is 43.6. The first-order chi connectivity index (χ1) is 8.16. The van der Waals surface area contributed by atoms with Crippen LogP contribution < -0.4 is 0 Å². The number of hydrogen-bond acceptors (Lipinski definition) is 4. The maximum absolute atomic E-state index is 12.1. The third-order valence-electron chi connectivity index (χ3n) is 2.66. The van der Waals surface area contributed by atoms with E-state index in [2.05, 4.69) is 26.4 Å². The van der Waals surface area contributed by atoms with E-state index in [1.54, 1.807) is 32.9 Å². The molecule has 0 heterocycles. The highest BCUT2D eigenvalue weighted by molar-refractivity contribution is 7.92. The number of sulfone groups is 1. The fraction of sp³-hybridized carbons (Fsp3) is 0.538. The van der Waals surface area contributed by atoms with Gasteiger partial charge in [-0.2, -0.15) is 17.7 Å². The van der Waals surface area contributed by atoms with E-state index in [1.807, 2.05) is 12.1 Å². The van der Waals surface area contributed by atoms with Crippen LogP contribution in [0.1, 0.15) is 46.1 Å². The van der Waals surface area contributed by atoms with Crippen LogP contribution in [-0.2, 0) is 22.4 Å². The monoisotopic (exact) mass is 412 g/mol. The van der Waals surface area contributed by atoms with Crippen LogP contribution in [0.3, 0.4) is 0 Å². The van der Waals surface area contributed by atoms with Crippen LogP contribution in [0.25, 0.3) is 0 Å². The lowest BCUT2D eigenvalue weighted by Crippen LogP contribution is -2.27. The minimum Gasteiger partial charge on any atom is -0.412 e. The molecule has 0 aliphatic heterocycles. The third kappa shape index (κ3) is 11.0. The Balaban J connectivity index is -0.0000000695.